The molecule has 1 aliphatic rings. The summed E-state index contributed by atoms with van der Waals surface area (Å²) >= 11 is 0. The summed E-state index contributed by atoms with van der Waals surface area (Å²) < 4.78 is 40.3. The molecular formula is C14H19F3N2O2. The molecule has 1 aromatic rings. The van der Waals surface area contributed by atoms with Crippen LogP contribution in [0.5, 0.6) is 5.75 Å². The monoisotopic (exact) mass is 304 g/mol. The average Bonchev–Trinajstić information content (AvgIpc) is 2.38. The normalized spacial score (nSPS) is 23.0. The zero-order valence-corrected chi connectivity index (χ0v) is 11.5. The van der Waals surface area contributed by atoms with Gasteiger partial charge in [-0.25, -0.2) is 0 Å². The Balaban J connectivity index is 1.84. The number of hydrogen-bond donors (Lipinski definition) is 3. The van der Waals surface area contributed by atoms with E-state index in [9.17, 15) is 18.3 Å². The van der Waals surface area contributed by atoms with Gasteiger partial charge in [-0.15, -0.1) is 13.2 Å². The van der Waals surface area contributed by atoms with E-state index >= 15 is 0 Å². The molecule has 1 aliphatic heterocycles. The number of halogens is 3. The van der Waals surface area contributed by atoms with E-state index in [4.69, 9.17) is 0 Å². The maximum absolute atomic E-state index is 12.1. The number of alkyl halides is 3. The summed E-state index contributed by atoms with van der Waals surface area (Å²) in [5.74, 6) is -0.236. The molecule has 1 aromatic carbocycles. The van der Waals surface area contributed by atoms with E-state index in [0.717, 1.165) is 13.0 Å². The highest BCUT2D eigenvalue weighted by Gasteiger charge is 2.31. The van der Waals surface area contributed by atoms with Crippen molar-refractivity contribution in [3.05, 3.63) is 29.8 Å². The number of hydrogen-bond acceptors (Lipinski definition) is 4. The second-order valence-electron chi connectivity index (χ2n) is 5.30. The van der Waals surface area contributed by atoms with Crippen LogP contribution in [-0.4, -0.2) is 36.7 Å². The molecule has 0 radical (unpaired) electrons. The van der Waals surface area contributed by atoms with Gasteiger partial charge < -0.3 is 20.5 Å². The van der Waals surface area contributed by atoms with Crippen molar-refractivity contribution in [2.24, 2.45) is 0 Å². The van der Waals surface area contributed by atoms with Gasteiger partial charge in [-0.2, -0.15) is 0 Å². The molecule has 0 bridgehead atoms. The zero-order valence-electron chi connectivity index (χ0n) is 11.5. The van der Waals surface area contributed by atoms with Gasteiger partial charge in [0.25, 0.3) is 0 Å². The smallest absolute Gasteiger partial charge is 0.406 e. The molecule has 0 amide bonds. The topological polar surface area (TPSA) is 53.5 Å². The van der Waals surface area contributed by atoms with Crippen molar-refractivity contribution < 1.29 is 23.0 Å². The SMILES string of the molecule is O[C@]1(CNCc2cccc(OC(F)(F)F)c2)CCCNC1. The van der Waals surface area contributed by atoms with Gasteiger partial charge in [0.2, 0.25) is 0 Å². The largest absolute Gasteiger partial charge is 0.573 e. The predicted molar refractivity (Wildman–Crippen MR) is 71.9 cm³/mol. The van der Waals surface area contributed by atoms with E-state index in [1.165, 1.54) is 18.2 Å². The molecular weight excluding hydrogens is 285 g/mol. The highest BCUT2D eigenvalue weighted by molar-refractivity contribution is 5.28. The number of benzene rings is 1. The number of rotatable bonds is 5. The van der Waals surface area contributed by atoms with Gasteiger partial charge >= 0.3 is 6.36 Å². The molecule has 3 N–H and O–H groups in total. The second-order valence-corrected chi connectivity index (χ2v) is 5.30. The van der Waals surface area contributed by atoms with Crippen LogP contribution in [0, 0.1) is 0 Å². The van der Waals surface area contributed by atoms with Crippen LogP contribution in [-0.2, 0) is 6.54 Å². The lowest BCUT2D eigenvalue weighted by Gasteiger charge is -2.32. The van der Waals surface area contributed by atoms with Gasteiger partial charge in [-0.05, 0) is 37.1 Å². The molecule has 1 heterocycles. The highest BCUT2D eigenvalue weighted by atomic mass is 19.4. The summed E-state index contributed by atoms with van der Waals surface area (Å²) in [6.07, 6.45) is -3.06. The van der Waals surface area contributed by atoms with Crippen LogP contribution in [0.1, 0.15) is 18.4 Å². The Morgan fingerprint density at radius 3 is 2.86 bits per heavy atom. The molecule has 0 spiro atoms. The van der Waals surface area contributed by atoms with Crippen molar-refractivity contribution in [3.63, 3.8) is 0 Å². The number of aliphatic hydroxyl groups is 1. The van der Waals surface area contributed by atoms with E-state index in [1.807, 2.05) is 0 Å². The summed E-state index contributed by atoms with van der Waals surface area (Å²) in [4.78, 5) is 0. The van der Waals surface area contributed by atoms with Crippen molar-refractivity contribution in [1.82, 2.24) is 10.6 Å². The standard InChI is InChI=1S/C14H19F3N2O2/c15-14(16,17)21-12-4-1-3-11(7-12)8-19-10-13(20)5-2-6-18-9-13/h1,3-4,7,18-20H,2,5-6,8-10H2/t13-/m1/s1. The van der Waals surface area contributed by atoms with Crippen LogP contribution in [0.15, 0.2) is 24.3 Å². The Labute approximate surface area is 121 Å². The maximum atomic E-state index is 12.1. The molecule has 2 rings (SSSR count). The molecule has 21 heavy (non-hydrogen) atoms. The third-order valence-corrected chi connectivity index (χ3v) is 3.36. The third kappa shape index (κ3) is 5.53. The van der Waals surface area contributed by atoms with Crippen molar-refractivity contribution in [2.45, 2.75) is 31.3 Å². The first-order valence-corrected chi connectivity index (χ1v) is 6.85. The summed E-state index contributed by atoms with van der Waals surface area (Å²) in [6, 6.07) is 5.81. The molecule has 1 atom stereocenters. The van der Waals surface area contributed by atoms with Crippen molar-refractivity contribution in [1.29, 1.82) is 0 Å². The van der Waals surface area contributed by atoms with Crippen LogP contribution in [0.2, 0.25) is 0 Å². The molecule has 0 aliphatic carbocycles. The average molecular weight is 304 g/mol. The molecule has 0 unspecified atom stereocenters. The Morgan fingerprint density at radius 1 is 1.38 bits per heavy atom. The van der Waals surface area contributed by atoms with E-state index in [2.05, 4.69) is 15.4 Å². The van der Waals surface area contributed by atoms with Crippen LogP contribution < -0.4 is 15.4 Å². The van der Waals surface area contributed by atoms with Crippen LogP contribution in [0.3, 0.4) is 0 Å². The van der Waals surface area contributed by atoms with E-state index in [0.29, 0.717) is 31.6 Å². The van der Waals surface area contributed by atoms with Crippen molar-refractivity contribution >= 4 is 0 Å². The van der Waals surface area contributed by atoms with E-state index < -0.39 is 12.0 Å². The van der Waals surface area contributed by atoms with Gasteiger partial charge in [0.1, 0.15) is 5.75 Å². The van der Waals surface area contributed by atoms with E-state index in [1.54, 1.807) is 6.07 Å². The fraction of sp³-hybridized carbons (Fsp3) is 0.571. The lowest BCUT2D eigenvalue weighted by atomic mass is 9.94. The van der Waals surface area contributed by atoms with Gasteiger partial charge in [-0.1, -0.05) is 12.1 Å². The minimum atomic E-state index is -4.69. The summed E-state index contributed by atoms with van der Waals surface area (Å²) in [5, 5.41) is 16.5. The molecule has 1 saturated heterocycles. The van der Waals surface area contributed by atoms with Gasteiger partial charge in [-0.3, -0.25) is 0 Å². The van der Waals surface area contributed by atoms with Crippen molar-refractivity contribution in [3.8, 4) is 5.75 Å². The first-order chi connectivity index (χ1) is 9.86. The van der Waals surface area contributed by atoms with Crippen LogP contribution in [0.4, 0.5) is 13.2 Å². The first-order valence-electron chi connectivity index (χ1n) is 6.85. The quantitative estimate of drug-likeness (QED) is 0.776. The van der Waals surface area contributed by atoms with Crippen molar-refractivity contribution in [2.75, 3.05) is 19.6 Å². The molecule has 1 fully saturated rings. The Morgan fingerprint density at radius 2 is 2.19 bits per heavy atom. The van der Waals surface area contributed by atoms with Gasteiger partial charge in [0.05, 0.1) is 5.60 Å². The molecule has 0 aromatic heterocycles. The molecule has 4 nitrogen and oxygen atoms in total. The predicted octanol–water partition coefficient (Wildman–Crippen LogP) is 1.79. The lowest BCUT2D eigenvalue weighted by Crippen LogP contribution is -2.51. The van der Waals surface area contributed by atoms with Gasteiger partial charge in [0, 0.05) is 19.6 Å². The fourth-order valence-electron chi connectivity index (χ4n) is 2.39. The Kier molecular flexibility index (Phi) is 5.08. The van der Waals surface area contributed by atoms with Crippen LogP contribution >= 0.6 is 0 Å². The maximum Gasteiger partial charge on any atom is 0.573 e. The van der Waals surface area contributed by atoms with Crippen LogP contribution in [0.25, 0.3) is 0 Å². The molecule has 0 saturated carbocycles. The fourth-order valence-corrected chi connectivity index (χ4v) is 2.39. The Hall–Kier alpha value is -1.31. The number of ether oxygens (including phenoxy) is 1. The summed E-state index contributed by atoms with van der Waals surface area (Å²) in [5.41, 5.74) is -0.123. The highest BCUT2D eigenvalue weighted by Crippen LogP contribution is 2.23. The minimum Gasteiger partial charge on any atom is -0.406 e. The van der Waals surface area contributed by atoms with Gasteiger partial charge in [0.15, 0.2) is 0 Å². The molecule has 118 valence electrons. The third-order valence-electron chi connectivity index (χ3n) is 3.36. The second kappa shape index (κ2) is 6.64. The summed E-state index contributed by atoms with van der Waals surface area (Å²) in [7, 11) is 0. The first kappa shape index (κ1) is 16.1. The lowest BCUT2D eigenvalue weighted by molar-refractivity contribution is -0.274. The zero-order chi connectivity index (χ0) is 15.3. The number of nitrogens with one attached hydrogen (secondary N) is 2. The molecule has 7 heteroatoms. The Bertz CT molecular complexity index is 460. The number of β-amino-alcohol motifs (C(OH)–C–C–N with tert-alkyl or cyclic N) is 1. The summed E-state index contributed by atoms with van der Waals surface area (Å²) in [6.45, 7) is 2.19. The number of piperidine rings is 1. The minimum absolute atomic E-state index is 0.236. The van der Waals surface area contributed by atoms with E-state index in [-0.39, 0.29) is 5.75 Å².